The van der Waals surface area contributed by atoms with E-state index < -0.39 is 0 Å². The SMILES string of the molecule is CCCOC(=O)N1CCN(C(=O)c2ccc3c(Cl)c(C)c(-c4ccccc4)nc3c2)C[C@@H]1C.S. The van der Waals surface area contributed by atoms with Gasteiger partial charge >= 0.3 is 6.09 Å². The lowest BCUT2D eigenvalue weighted by molar-refractivity contribution is 0.0412. The molecule has 0 unspecified atom stereocenters. The number of amides is 2. The first-order chi connectivity index (χ1) is 15.9. The van der Waals surface area contributed by atoms with E-state index in [2.05, 4.69) is 0 Å². The second kappa shape index (κ2) is 11.1. The number of fused-ring (bicyclic) bond motifs is 1. The number of pyridine rings is 1. The van der Waals surface area contributed by atoms with E-state index in [-0.39, 0.29) is 31.5 Å². The van der Waals surface area contributed by atoms with E-state index in [4.69, 9.17) is 21.3 Å². The third kappa shape index (κ3) is 5.15. The molecular formula is C26H30ClN3O3S. The fourth-order valence-electron chi connectivity index (χ4n) is 4.20. The lowest BCUT2D eigenvalue weighted by atomic mass is 10.0. The van der Waals surface area contributed by atoms with E-state index in [0.29, 0.717) is 42.3 Å². The molecule has 0 aliphatic carbocycles. The normalized spacial score (nSPS) is 15.7. The first-order valence-corrected chi connectivity index (χ1v) is 11.7. The third-order valence-corrected chi connectivity index (χ3v) is 6.51. The lowest BCUT2D eigenvalue weighted by Gasteiger charge is -2.39. The van der Waals surface area contributed by atoms with E-state index in [9.17, 15) is 9.59 Å². The maximum Gasteiger partial charge on any atom is 0.410 e. The zero-order valence-electron chi connectivity index (χ0n) is 19.7. The van der Waals surface area contributed by atoms with E-state index in [1.807, 2.05) is 63.2 Å². The number of rotatable bonds is 4. The Morgan fingerprint density at radius 1 is 1.15 bits per heavy atom. The standard InChI is InChI=1S/C26H28ClN3O3.H2S/c1-4-14-33-26(32)30-13-12-29(16-17(30)2)25(31)20-10-11-21-22(15-20)28-24(18(3)23(21)27)19-8-6-5-7-9-19;/h5-11,15,17H,4,12-14,16H2,1-3H3;1H2/t17-;/m0./s1. The van der Waals surface area contributed by atoms with Gasteiger partial charge in [-0.15, -0.1) is 0 Å². The Bertz CT molecular complexity index is 1190. The van der Waals surface area contributed by atoms with Crippen LogP contribution in [0.3, 0.4) is 0 Å². The molecule has 2 aromatic carbocycles. The summed E-state index contributed by atoms with van der Waals surface area (Å²) in [4.78, 5) is 33.8. The van der Waals surface area contributed by atoms with Crippen molar-refractivity contribution in [2.24, 2.45) is 0 Å². The lowest BCUT2D eigenvalue weighted by Crippen LogP contribution is -2.55. The summed E-state index contributed by atoms with van der Waals surface area (Å²) in [5.41, 5.74) is 3.95. The van der Waals surface area contributed by atoms with Crippen molar-refractivity contribution in [3.05, 3.63) is 64.7 Å². The van der Waals surface area contributed by atoms with Crippen molar-refractivity contribution in [1.29, 1.82) is 0 Å². The van der Waals surface area contributed by atoms with Gasteiger partial charge < -0.3 is 14.5 Å². The van der Waals surface area contributed by atoms with Crippen molar-refractivity contribution in [3.63, 3.8) is 0 Å². The molecule has 1 aliphatic heterocycles. The summed E-state index contributed by atoms with van der Waals surface area (Å²) in [5.74, 6) is -0.0786. The largest absolute Gasteiger partial charge is 0.449 e. The molecule has 6 nitrogen and oxygen atoms in total. The van der Waals surface area contributed by atoms with Crippen molar-refractivity contribution in [2.45, 2.75) is 33.2 Å². The van der Waals surface area contributed by atoms with E-state index in [1.165, 1.54) is 0 Å². The Labute approximate surface area is 212 Å². The molecule has 2 heterocycles. The highest BCUT2D eigenvalue weighted by molar-refractivity contribution is 7.59. The van der Waals surface area contributed by atoms with Crippen LogP contribution >= 0.6 is 25.1 Å². The molecule has 1 saturated heterocycles. The number of hydrogen-bond donors (Lipinski definition) is 0. The number of ether oxygens (including phenoxy) is 1. The zero-order valence-corrected chi connectivity index (χ0v) is 21.4. The maximum atomic E-state index is 13.3. The van der Waals surface area contributed by atoms with Crippen LogP contribution < -0.4 is 0 Å². The fourth-order valence-corrected chi connectivity index (χ4v) is 4.45. The Balaban J connectivity index is 0.00000324. The topological polar surface area (TPSA) is 62.7 Å². The Morgan fingerprint density at radius 2 is 1.88 bits per heavy atom. The van der Waals surface area contributed by atoms with Gasteiger partial charge in [-0.25, -0.2) is 9.78 Å². The van der Waals surface area contributed by atoms with Crippen molar-refractivity contribution >= 4 is 48.0 Å². The summed E-state index contributed by atoms with van der Waals surface area (Å²) < 4.78 is 5.26. The van der Waals surface area contributed by atoms with E-state index in [0.717, 1.165) is 28.6 Å². The van der Waals surface area contributed by atoms with Gasteiger partial charge in [0, 0.05) is 42.2 Å². The minimum atomic E-state index is -0.315. The van der Waals surface area contributed by atoms with Crippen LogP contribution in [0.25, 0.3) is 22.2 Å². The summed E-state index contributed by atoms with van der Waals surface area (Å²) in [7, 11) is 0. The van der Waals surface area contributed by atoms with Crippen LogP contribution in [0.4, 0.5) is 4.79 Å². The van der Waals surface area contributed by atoms with Crippen LogP contribution in [0.5, 0.6) is 0 Å². The molecule has 1 aliphatic rings. The van der Waals surface area contributed by atoms with Crippen LogP contribution in [-0.2, 0) is 4.74 Å². The predicted molar refractivity (Wildman–Crippen MR) is 141 cm³/mol. The Hall–Kier alpha value is -2.77. The smallest absolute Gasteiger partial charge is 0.410 e. The average Bonchev–Trinajstić information content (AvgIpc) is 2.84. The average molecular weight is 500 g/mol. The molecule has 180 valence electrons. The molecule has 0 saturated carbocycles. The van der Waals surface area contributed by atoms with Gasteiger partial charge in [-0.3, -0.25) is 4.79 Å². The molecule has 0 radical (unpaired) electrons. The number of halogens is 1. The van der Waals surface area contributed by atoms with Crippen LogP contribution in [-0.4, -0.2) is 59.1 Å². The summed E-state index contributed by atoms with van der Waals surface area (Å²) in [6.07, 6.45) is 0.467. The van der Waals surface area contributed by atoms with Gasteiger partial charge in [0.2, 0.25) is 0 Å². The van der Waals surface area contributed by atoms with Gasteiger partial charge in [-0.2, -0.15) is 13.5 Å². The molecule has 1 fully saturated rings. The molecule has 34 heavy (non-hydrogen) atoms. The molecule has 1 aromatic heterocycles. The molecule has 0 spiro atoms. The highest BCUT2D eigenvalue weighted by Crippen LogP contribution is 2.33. The Kier molecular flexibility index (Phi) is 8.44. The number of carbonyl (C=O) groups is 2. The minimum absolute atomic E-state index is 0. The quantitative estimate of drug-likeness (QED) is 0.464. The summed E-state index contributed by atoms with van der Waals surface area (Å²) in [6, 6.07) is 15.2. The van der Waals surface area contributed by atoms with Crippen LogP contribution in [0.1, 0.15) is 36.2 Å². The van der Waals surface area contributed by atoms with Gasteiger partial charge in [-0.1, -0.05) is 54.9 Å². The summed E-state index contributed by atoms with van der Waals surface area (Å²) in [5, 5.41) is 1.47. The van der Waals surface area contributed by atoms with Crippen molar-refractivity contribution in [1.82, 2.24) is 14.8 Å². The second-order valence-electron chi connectivity index (χ2n) is 8.41. The molecular weight excluding hydrogens is 470 g/mol. The molecule has 3 aromatic rings. The van der Waals surface area contributed by atoms with Crippen LogP contribution in [0, 0.1) is 6.92 Å². The van der Waals surface area contributed by atoms with E-state index in [1.54, 1.807) is 15.9 Å². The number of benzene rings is 2. The summed E-state index contributed by atoms with van der Waals surface area (Å²) >= 11 is 6.68. The number of carbonyl (C=O) groups excluding carboxylic acids is 2. The van der Waals surface area contributed by atoms with Gasteiger partial charge in [-0.05, 0) is 38.0 Å². The predicted octanol–water partition coefficient (Wildman–Crippen LogP) is 5.67. The van der Waals surface area contributed by atoms with Gasteiger partial charge in [0.15, 0.2) is 0 Å². The molecule has 1 atom stereocenters. The fraction of sp³-hybridized carbons (Fsp3) is 0.346. The van der Waals surface area contributed by atoms with Crippen molar-refractivity contribution in [2.75, 3.05) is 26.2 Å². The molecule has 0 N–H and O–H groups in total. The first kappa shape index (κ1) is 25.8. The van der Waals surface area contributed by atoms with Crippen molar-refractivity contribution in [3.8, 4) is 11.3 Å². The Morgan fingerprint density at radius 3 is 2.56 bits per heavy atom. The van der Waals surface area contributed by atoms with Crippen LogP contribution in [0.15, 0.2) is 48.5 Å². The number of piperazine rings is 1. The van der Waals surface area contributed by atoms with E-state index >= 15 is 0 Å². The number of hydrogen-bond acceptors (Lipinski definition) is 4. The van der Waals surface area contributed by atoms with Gasteiger partial charge in [0.05, 0.1) is 22.8 Å². The maximum absolute atomic E-state index is 13.3. The van der Waals surface area contributed by atoms with Crippen LogP contribution in [0.2, 0.25) is 5.02 Å². The highest BCUT2D eigenvalue weighted by Gasteiger charge is 2.31. The number of aromatic nitrogens is 1. The minimum Gasteiger partial charge on any atom is -0.449 e. The third-order valence-electron chi connectivity index (χ3n) is 6.02. The number of nitrogens with zero attached hydrogens (tertiary/aromatic N) is 3. The van der Waals surface area contributed by atoms with Gasteiger partial charge in [0.1, 0.15) is 0 Å². The highest BCUT2D eigenvalue weighted by atomic mass is 35.5. The second-order valence-corrected chi connectivity index (χ2v) is 8.78. The molecule has 2 amide bonds. The zero-order chi connectivity index (χ0) is 23.5. The van der Waals surface area contributed by atoms with Gasteiger partial charge in [0.25, 0.3) is 5.91 Å². The first-order valence-electron chi connectivity index (χ1n) is 11.3. The van der Waals surface area contributed by atoms with Crippen molar-refractivity contribution < 1.29 is 14.3 Å². The summed E-state index contributed by atoms with van der Waals surface area (Å²) in [6.45, 7) is 7.62. The monoisotopic (exact) mass is 499 g/mol. The molecule has 4 rings (SSSR count). The molecule has 8 heteroatoms. The molecule has 0 bridgehead atoms.